The quantitative estimate of drug-likeness (QED) is 0.517. The number of halogens is 3. The molecule has 1 aromatic heterocycles. The summed E-state index contributed by atoms with van der Waals surface area (Å²) in [5.74, 6) is -0.361. The lowest BCUT2D eigenvalue weighted by atomic mass is 9.97. The number of amides is 1. The van der Waals surface area contributed by atoms with Crippen LogP contribution in [0.1, 0.15) is 29.3 Å². The Morgan fingerprint density at radius 2 is 1.69 bits per heavy atom. The van der Waals surface area contributed by atoms with Crippen LogP contribution in [0.2, 0.25) is 0 Å². The number of carbonyl (C=O) groups excluding carboxylic acids is 1. The van der Waals surface area contributed by atoms with Gasteiger partial charge < -0.3 is 4.90 Å². The van der Waals surface area contributed by atoms with Crippen LogP contribution < -0.4 is 0 Å². The summed E-state index contributed by atoms with van der Waals surface area (Å²) >= 11 is 1.65. The molecule has 1 aliphatic heterocycles. The highest BCUT2D eigenvalue weighted by Gasteiger charge is 2.36. The fraction of sp³-hybridized carbons (Fsp3) is 0.273. The third-order valence-corrected chi connectivity index (χ3v) is 6.32. The summed E-state index contributed by atoms with van der Waals surface area (Å²) in [6, 6.07) is 15.4. The third-order valence-electron chi connectivity index (χ3n) is 5.12. The maximum absolute atomic E-state index is 13.5. The molecule has 3 nitrogen and oxygen atoms in total. The number of likely N-dealkylation sites (tertiary alicyclic amines) is 1. The van der Waals surface area contributed by atoms with E-state index in [4.69, 9.17) is 0 Å². The zero-order valence-corrected chi connectivity index (χ0v) is 16.3. The highest BCUT2D eigenvalue weighted by molar-refractivity contribution is 7.18. The van der Waals surface area contributed by atoms with Gasteiger partial charge in [0.25, 0.3) is 0 Å². The van der Waals surface area contributed by atoms with Gasteiger partial charge in [-0.05, 0) is 30.5 Å². The van der Waals surface area contributed by atoms with Crippen molar-refractivity contribution in [2.45, 2.75) is 24.9 Å². The minimum atomic E-state index is -4.59. The molecule has 0 bridgehead atoms. The molecule has 0 N–H and O–H groups in total. The molecule has 0 aliphatic carbocycles. The molecule has 1 fully saturated rings. The zero-order chi connectivity index (χ0) is 20.4. The summed E-state index contributed by atoms with van der Waals surface area (Å²) in [5.41, 5.74) is 0.0562. The molecule has 0 atom stereocenters. The van der Waals surface area contributed by atoms with E-state index in [0.29, 0.717) is 25.9 Å². The molecule has 2 heterocycles. The lowest BCUT2D eigenvalue weighted by Gasteiger charge is -2.30. The lowest BCUT2D eigenvalue weighted by Crippen LogP contribution is -2.37. The Kier molecular flexibility index (Phi) is 5.41. The normalized spacial score (nSPS) is 16.4. The van der Waals surface area contributed by atoms with Gasteiger partial charge in [0, 0.05) is 25.1 Å². The van der Waals surface area contributed by atoms with Crippen LogP contribution in [-0.2, 0) is 4.79 Å². The third kappa shape index (κ3) is 4.34. The van der Waals surface area contributed by atoms with Crippen molar-refractivity contribution in [1.82, 2.24) is 9.88 Å². The van der Waals surface area contributed by atoms with E-state index in [-0.39, 0.29) is 11.5 Å². The Balaban J connectivity index is 1.47. The van der Waals surface area contributed by atoms with Gasteiger partial charge in [-0.1, -0.05) is 42.5 Å². The smallest absolute Gasteiger partial charge is 0.339 e. The second-order valence-corrected chi connectivity index (χ2v) is 8.10. The van der Waals surface area contributed by atoms with Gasteiger partial charge in [-0.25, -0.2) is 4.98 Å². The predicted molar refractivity (Wildman–Crippen MR) is 109 cm³/mol. The second-order valence-electron chi connectivity index (χ2n) is 7.04. The summed E-state index contributed by atoms with van der Waals surface area (Å²) in [6.07, 6.45) is -2.46. The van der Waals surface area contributed by atoms with Crippen LogP contribution in [-0.4, -0.2) is 35.1 Å². The summed E-state index contributed by atoms with van der Waals surface area (Å²) in [5, 5.41) is 1.04. The Morgan fingerprint density at radius 1 is 1.03 bits per heavy atom. The summed E-state index contributed by atoms with van der Waals surface area (Å²) in [7, 11) is 0. The van der Waals surface area contributed by atoms with E-state index in [1.165, 1.54) is 29.2 Å². The number of aromatic nitrogens is 1. The molecule has 150 valence electrons. The molecule has 1 amide bonds. The monoisotopic (exact) mass is 416 g/mol. The Bertz CT molecular complexity index is 1000. The number of allylic oxidation sites excluding steroid dienone is 1. The zero-order valence-electron chi connectivity index (χ0n) is 15.5. The highest BCUT2D eigenvalue weighted by atomic mass is 32.1. The van der Waals surface area contributed by atoms with Crippen LogP contribution in [0.15, 0.2) is 60.7 Å². The predicted octanol–water partition coefficient (Wildman–Crippen LogP) is 5.65. The van der Waals surface area contributed by atoms with Gasteiger partial charge >= 0.3 is 6.18 Å². The topological polar surface area (TPSA) is 33.2 Å². The van der Waals surface area contributed by atoms with Gasteiger partial charge in [-0.15, -0.1) is 11.3 Å². The van der Waals surface area contributed by atoms with E-state index in [2.05, 4.69) is 4.98 Å². The van der Waals surface area contributed by atoms with E-state index in [0.717, 1.165) is 21.3 Å². The first-order chi connectivity index (χ1) is 13.9. The van der Waals surface area contributed by atoms with Crippen LogP contribution in [0.4, 0.5) is 13.2 Å². The Labute approximate surface area is 170 Å². The van der Waals surface area contributed by atoms with E-state index >= 15 is 0 Å². The summed E-state index contributed by atoms with van der Waals surface area (Å²) in [4.78, 5) is 18.7. The van der Waals surface area contributed by atoms with Gasteiger partial charge in [0.2, 0.25) is 5.91 Å². The molecule has 0 saturated carbocycles. The molecular weight excluding hydrogens is 397 g/mol. The molecule has 29 heavy (non-hydrogen) atoms. The van der Waals surface area contributed by atoms with Crippen LogP contribution >= 0.6 is 11.3 Å². The molecule has 3 aromatic rings. The number of rotatable bonds is 3. The molecule has 7 heteroatoms. The molecular formula is C22H19F3N2OS. The first-order valence-corrected chi connectivity index (χ1v) is 10.2. The summed E-state index contributed by atoms with van der Waals surface area (Å²) < 4.78 is 41.5. The van der Waals surface area contributed by atoms with Crippen molar-refractivity contribution in [3.05, 3.63) is 71.2 Å². The molecule has 0 spiro atoms. The number of hydrogen-bond acceptors (Lipinski definition) is 3. The number of benzene rings is 2. The first kappa shape index (κ1) is 19.6. The number of alkyl halides is 3. The maximum Gasteiger partial charge on any atom is 0.417 e. The van der Waals surface area contributed by atoms with Gasteiger partial charge in [0.15, 0.2) is 0 Å². The summed E-state index contributed by atoms with van der Waals surface area (Å²) in [6.45, 7) is 0.853. The number of hydrogen-bond donors (Lipinski definition) is 0. The van der Waals surface area contributed by atoms with Gasteiger partial charge in [0.05, 0.1) is 20.8 Å². The SMILES string of the molecule is O=C(/C=C(\c1ccccc1)C(F)(F)F)N1CCC(c2nc3ccccc3s2)CC1. The maximum atomic E-state index is 13.5. The molecule has 2 aromatic carbocycles. The molecule has 1 saturated heterocycles. The van der Waals surface area contributed by atoms with E-state index < -0.39 is 17.7 Å². The van der Waals surface area contributed by atoms with Crippen LogP contribution in [0.25, 0.3) is 15.8 Å². The number of carbonyl (C=O) groups is 1. The van der Waals surface area contributed by atoms with E-state index in [1.54, 1.807) is 17.4 Å². The van der Waals surface area contributed by atoms with Crippen molar-refractivity contribution in [3.8, 4) is 0 Å². The fourth-order valence-corrected chi connectivity index (χ4v) is 4.71. The highest BCUT2D eigenvalue weighted by Crippen LogP contribution is 2.36. The van der Waals surface area contributed by atoms with Gasteiger partial charge in [-0.3, -0.25) is 4.79 Å². The Hall–Kier alpha value is -2.67. The van der Waals surface area contributed by atoms with Gasteiger partial charge in [-0.2, -0.15) is 13.2 Å². The second kappa shape index (κ2) is 7.99. The van der Waals surface area contributed by atoms with Crippen molar-refractivity contribution < 1.29 is 18.0 Å². The van der Waals surface area contributed by atoms with Crippen molar-refractivity contribution in [2.75, 3.05) is 13.1 Å². The molecule has 4 rings (SSSR count). The minimum absolute atomic E-state index is 0.00212. The number of para-hydroxylation sites is 1. The first-order valence-electron chi connectivity index (χ1n) is 9.40. The number of piperidine rings is 1. The van der Waals surface area contributed by atoms with Crippen molar-refractivity contribution >= 4 is 33.0 Å². The van der Waals surface area contributed by atoms with Gasteiger partial charge in [0.1, 0.15) is 0 Å². The van der Waals surface area contributed by atoms with Crippen LogP contribution in [0.3, 0.4) is 0 Å². The molecule has 1 aliphatic rings. The molecule has 0 unspecified atom stereocenters. The van der Waals surface area contributed by atoms with Crippen molar-refractivity contribution in [2.24, 2.45) is 0 Å². The average Bonchev–Trinajstić information content (AvgIpc) is 3.16. The minimum Gasteiger partial charge on any atom is -0.339 e. The fourth-order valence-electron chi connectivity index (χ4n) is 3.57. The molecule has 0 radical (unpaired) electrons. The average molecular weight is 416 g/mol. The lowest BCUT2D eigenvalue weighted by molar-refractivity contribution is -0.127. The standard InChI is InChI=1S/C22H19F3N2OS/c23-22(24,25)17(15-6-2-1-3-7-15)14-20(28)27-12-10-16(11-13-27)21-26-18-8-4-5-9-19(18)29-21/h1-9,14,16H,10-13H2/b17-14+. The van der Waals surface area contributed by atoms with Crippen molar-refractivity contribution in [3.63, 3.8) is 0 Å². The van der Waals surface area contributed by atoms with Crippen molar-refractivity contribution in [1.29, 1.82) is 0 Å². The largest absolute Gasteiger partial charge is 0.417 e. The number of fused-ring (bicyclic) bond motifs is 1. The van der Waals surface area contributed by atoms with Crippen LogP contribution in [0, 0.1) is 0 Å². The van der Waals surface area contributed by atoms with Crippen LogP contribution in [0.5, 0.6) is 0 Å². The number of thiazole rings is 1. The Morgan fingerprint density at radius 3 is 2.34 bits per heavy atom. The van der Waals surface area contributed by atoms with E-state index in [9.17, 15) is 18.0 Å². The number of nitrogens with zero attached hydrogens (tertiary/aromatic N) is 2. The van der Waals surface area contributed by atoms with E-state index in [1.807, 2.05) is 24.3 Å².